The maximum atomic E-state index is 13.7. The van der Waals surface area contributed by atoms with E-state index in [0.717, 1.165) is 50.3 Å². The summed E-state index contributed by atoms with van der Waals surface area (Å²) in [5.74, 6) is 0.486. The Bertz CT molecular complexity index is 1340. The third-order valence-electron chi connectivity index (χ3n) is 6.40. The molecule has 2 heterocycles. The van der Waals surface area contributed by atoms with E-state index in [0.29, 0.717) is 13.0 Å². The van der Waals surface area contributed by atoms with Gasteiger partial charge in [-0.15, -0.1) is 0 Å². The van der Waals surface area contributed by atoms with E-state index in [1.807, 2.05) is 55.1 Å². The van der Waals surface area contributed by atoms with Crippen molar-refractivity contribution in [3.05, 3.63) is 94.4 Å². The number of rotatable bonds is 3. The topological polar surface area (TPSA) is 57.4 Å². The van der Waals surface area contributed by atoms with Crippen LogP contribution in [0.4, 0.5) is 14.9 Å². The fourth-order valence-corrected chi connectivity index (χ4v) is 4.75. The van der Waals surface area contributed by atoms with Gasteiger partial charge in [0.15, 0.2) is 0 Å². The highest BCUT2D eigenvalue weighted by Gasteiger charge is 2.35. The molecule has 0 radical (unpaired) electrons. The first kappa shape index (κ1) is 21.1. The van der Waals surface area contributed by atoms with Crippen LogP contribution in [0.25, 0.3) is 10.9 Å². The standard InChI is InChI=1S/C27H26FN3O2/c1-16-4-10-23(17(2)14-16)30-27(32)31-13-12-21-22-15-20(33-3)9-11-24(22)29-25(21)26(31)18-5-7-19(28)8-6-18/h4-11,14-15,26,29H,12-13H2,1-3H3,(H,30,32)/t26-/m0/s1. The smallest absolute Gasteiger partial charge is 0.322 e. The lowest BCUT2D eigenvalue weighted by atomic mass is 9.92. The average molecular weight is 444 g/mol. The number of carbonyl (C=O) groups is 1. The number of ether oxygens (including phenoxy) is 1. The molecule has 3 aromatic carbocycles. The van der Waals surface area contributed by atoms with Crippen LogP contribution in [-0.4, -0.2) is 29.6 Å². The summed E-state index contributed by atoms with van der Waals surface area (Å²) in [5.41, 5.74) is 6.90. The van der Waals surface area contributed by atoms with Crippen molar-refractivity contribution in [3.8, 4) is 5.75 Å². The maximum Gasteiger partial charge on any atom is 0.322 e. The number of halogens is 1. The average Bonchev–Trinajstić information content (AvgIpc) is 3.18. The zero-order chi connectivity index (χ0) is 23.1. The van der Waals surface area contributed by atoms with Crippen LogP contribution in [-0.2, 0) is 6.42 Å². The van der Waals surface area contributed by atoms with Gasteiger partial charge in [-0.1, -0.05) is 29.8 Å². The van der Waals surface area contributed by atoms with Gasteiger partial charge in [-0.05, 0) is 73.4 Å². The fourth-order valence-electron chi connectivity index (χ4n) is 4.75. The van der Waals surface area contributed by atoms with Crippen LogP contribution in [0.2, 0.25) is 0 Å². The predicted molar refractivity (Wildman–Crippen MR) is 128 cm³/mol. The first-order valence-electron chi connectivity index (χ1n) is 11.0. The third kappa shape index (κ3) is 3.82. The van der Waals surface area contributed by atoms with Crippen molar-refractivity contribution in [3.63, 3.8) is 0 Å². The van der Waals surface area contributed by atoms with Gasteiger partial charge < -0.3 is 19.9 Å². The molecule has 4 aromatic rings. The summed E-state index contributed by atoms with van der Waals surface area (Å²) in [6, 6.07) is 17.7. The number of nitrogens with one attached hydrogen (secondary N) is 2. The van der Waals surface area contributed by atoms with Gasteiger partial charge in [-0.2, -0.15) is 0 Å². The number of anilines is 1. The molecule has 33 heavy (non-hydrogen) atoms. The minimum absolute atomic E-state index is 0.182. The van der Waals surface area contributed by atoms with E-state index in [1.165, 1.54) is 12.1 Å². The Hall–Kier alpha value is -3.80. The zero-order valence-electron chi connectivity index (χ0n) is 18.9. The summed E-state index contributed by atoms with van der Waals surface area (Å²) >= 11 is 0. The summed E-state index contributed by atoms with van der Waals surface area (Å²) in [4.78, 5) is 18.8. The number of aromatic nitrogens is 1. The molecule has 1 aromatic heterocycles. The highest BCUT2D eigenvalue weighted by molar-refractivity contribution is 5.92. The third-order valence-corrected chi connectivity index (χ3v) is 6.40. The minimum Gasteiger partial charge on any atom is -0.497 e. The summed E-state index contributed by atoms with van der Waals surface area (Å²) in [5, 5.41) is 4.17. The normalized spacial score (nSPS) is 15.4. The molecule has 1 aliphatic heterocycles. The van der Waals surface area contributed by atoms with Crippen molar-refractivity contribution in [2.24, 2.45) is 0 Å². The van der Waals surface area contributed by atoms with Gasteiger partial charge in [0.1, 0.15) is 11.6 Å². The Morgan fingerprint density at radius 1 is 1.09 bits per heavy atom. The summed E-state index contributed by atoms with van der Waals surface area (Å²) in [7, 11) is 1.65. The summed E-state index contributed by atoms with van der Waals surface area (Å²) in [6.45, 7) is 4.55. The van der Waals surface area contributed by atoms with E-state index in [4.69, 9.17) is 4.74 Å². The Morgan fingerprint density at radius 2 is 1.88 bits per heavy atom. The van der Waals surface area contributed by atoms with E-state index >= 15 is 0 Å². The van der Waals surface area contributed by atoms with Gasteiger partial charge in [-0.3, -0.25) is 0 Å². The molecule has 0 fully saturated rings. The van der Waals surface area contributed by atoms with Gasteiger partial charge in [0.2, 0.25) is 0 Å². The second kappa shape index (κ2) is 8.28. The molecular weight excluding hydrogens is 417 g/mol. The monoisotopic (exact) mass is 443 g/mol. The largest absolute Gasteiger partial charge is 0.497 e. The van der Waals surface area contributed by atoms with Crippen molar-refractivity contribution in [1.82, 2.24) is 9.88 Å². The molecule has 0 spiro atoms. The molecule has 6 heteroatoms. The van der Waals surface area contributed by atoms with E-state index in [2.05, 4.69) is 10.3 Å². The second-order valence-electron chi connectivity index (χ2n) is 8.57. The van der Waals surface area contributed by atoms with E-state index in [-0.39, 0.29) is 17.9 Å². The number of fused-ring (bicyclic) bond motifs is 3. The molecule has 0 bridgehead atoms. The lowest BCUT2D eigenvalue weighted by molar-refractivity contribution is 0.193. The van der Waals surface area contributed by atoms with Crippen LogP contribution in [0.5, 0.6) is 5.75 Å². The van der Waals surface area contributed by atoms with Gasteiger partial charge in [-0.25, -0.2) is 9.18 Å². The maximum absolute atomic E-state index is 13.7. The Balaban J connectivity index is 1.58. The number of aromatic amines is 1. The number of methoxy groups -OCH3 is 1. The lowest BCUT2D eigenvalue weighted by Crippen LogP contribution is -2.43. The number of benzene rings is 3. The van der Waals surface area contributed by atoms with Crippen LogP contribution in [0.15, 0.2) is 60.7 Å². The number of amides is 2. The first-order valence-corrected chi connectivity index (χ1v) is 11.0. The second-order valence-corrected chi connectivity index (χ2v) is 8.57. The molecule has 1 atom stereocenters. The number of hydrogen-bond acceptors (Lipinski definition) is 2. The van der Waals surface area contributed by atoms with Crippen LogP contribution in [0.3, 0.4) is 0 Å². The van der Waals surface area contributed by atoms with Gasteiger partial charge in [0.05, 0.1) is 13.2 Å². The molecule has 0 saturated carbocycles. The van der Waals surface area contributed by atoms with Crippen LogP contribution < -0.4 is 10.1 Å². The molecule has 0 aliphatic carbocycles. The Kier molecular flexibility index (Phi) is 5.29. The Labute approximate surface area is 192 Å². The number of carbonyl (C=O) groups excluding carboxylic acids is 1. The molecular formula is C27H26FN3O2. The van der Waals surface area contributed by atoms with Crippen LogP contribution in [0, 0.1) is 19.7 Å². The molecule has 1 aliphatic rings. The van der Waals surface area contributed by atoms with Gasteiger partial charge in [0.25, 0.3) is 0 Å². The van der Waals surface area contributed by atoms with Gasteiger partial charge in [0, 0.05) is 28.8 Å². The van der Waals surface area contributed by atoms with Crippen LogP contribution in [0.1, 0.15) is 34.0 Å². The first-order chi connectivity index (χ1) is 15.9. The number of urea groups is 1. The minimum atomic E-state index is -0.363. The van der Waals surface area contributed by atoms with Gasteiger partial charge >= 0.3 is 6.03 Å². The lowest BCUT2D eigenvalue weighted by Gasteiger charge is -2.36. The Morgan fingerprint density at radius 3 is 2.61 bits per heavy atom. The molecule has 0 saturated heterocycles. The summed E-state index contributed by atoms with van der Waals surface area (Å²) < 4.78 is 19.1. The van der Waals surface area contributed by atoms with E-state index in [9.17, 15) is 9.18 Å². The SMILES string of the molecule is COc1ccc2[nH]c3c(c2c1)CCN(C(=O)Nc1ccc(C)cc1C)[C@H]3c1ccc(F)cc1. The quantitative estimate of drug-likeness (QED) is 0.401. The number of nitrogens with zero attached hydrogens (tertiary/aromatic N) is 1. The van der Waals surface area contributed by atoms with Crippen molar-refractivity contribution in [1.29, 1.82) is 0 Å². The highest BCUT2D eigenvalue weighted by atomic mass is 19.1. The van der Waals surface area contributed by atoms with Crippen molar-refractivity contribution >= 4 is 22.6 Å². The van der Waals surface area contributed by atoms with Crippen molar-refractivity contribution in [2.75, 3.05) is 19.0 Å². The molecule has 0 unspecified atom stereocenters. The molecule has 168 valence electrons. The molecule has 5 nitrogen and oxygen atoms in total. The molecule has 2 N–H and O–H groups in total. The fraction of sp³-hybridized carbons (Fsp3) is 0.222. The number of hydrogen-bond donors (Lipinski definition) is 2. The van der Waals surface area contributed by atoms with E-state index < -0.39 is 0 Å². The molecule has 2 amide bonds. The predicted octanol–water partition coefficient (Wildman–Crippen LogP) is 6.11. The molecule has 5 rings (SSSR count). The van der Waals surface area contributed by atoms with E-state index in [1.54, 1.807) is 19.2 Å². The number of aryl methyl sites for hydroxylation is 2. The van der Waals surface area contributed by atoms with Crippen molar-refractivity contribution < 1.29 is 13.9 Å². The van der Waals surface area contributed by atoms with Crippen LogP contribution >= 0.6 is 0 Å². The number of H-pyrrole nitrogens is 1. The summed E-state index contributed by atoms with van der Waals surface area (Å²) in [6.07, 6.45) is 0.709. The van der Waals surface area contributed by atoms with Crippen molar-refractivity contribution in [2.45, 2.75) is 26.3 Å². The highest BCUT2D eigenvalue weighted by Crippen LogP contribution is 2.39. The zero-order valence-corrected chi connectivity index (χ0v) is 18.9.